The lowest BCUT2D eigenvalue weighted by atomic mass is 10.1. The van der Waals surface area contributed by atoms with E-state index >= 15 is 0 Å². The minimum atomic E-state index is -0.0461. The lowest BCUT2D eigenvalue weighted by molar-refractivity contribution is -0.119. The number of anilines is 2. The number of carbonyl (C=O) groups excluding carboxylic acids is 1. The van der Waals surface area contributed by atoms with Crippen molar-refractivity contribution >= 4 is 28.3 Å². The van der Waals surface area contributed by atoms with Crippen LogP contribution in [-0.2, 0) is 24.9 Å². The van der Waals surface area contributed by atoms with Crippen molar-refractivity contribution in [3.05, 3.63) is 66.5 Å². The second kappa shape index (κ2) is 8.82. The van der Waals surface area contributed by atoms with Crippen molar-refractivity contribution < 1.29 is 4.79 Å². The molecule has 1 aliphatic rings. The van der Waals surface area contributed by atoms with Crippen LogP contribution in [0.25, 0.3) is 11.0 Å². The molecule has 2 aromatic heterocycles. The molecule has 0 unspecified atom stereocenters. The molecule has 164 valence electrons. The number of benzene rings is 2. The van der Waals surface area contributed by atoms with Gasteiger partial charge in [0.15, 0.2) is 0 Å². The molecule has 0 aliphatic carbocycles. The minimum Gasteiger partial charge on any atom is -0.372 e. The number of aromatic nitrogens is 5. The van der Waals surface area contributed by atoms with Gasteiger partial charge in [-0.25, -0.2) is 4.68 Å². The predicted octanol–water partition coefficient (Wildman–Crippen LogP) is 3.39. The third-order valence-electron chi connectivity index (χ3n) is 5.99. The maximum absolute atomic E-state index is 13.5. The molecular formula is C24H27N7O. The molecule has 0 N–H and O–H groups in total. The Morgan fingerprint density at radius 2 is 1.81 bits per heavy atom. The fourth-order valence-corrected chi connectivity index (χ4v) is 4.30. The van der Waals surface area contributed by atoms with Crippen molar-refractivity contribution in [2.75, 3.05) is 22.9 Å². The molecule has 1 fully saturated rings. The molecule has 0 radical (unpaired) electrons. The first-order valence-electron chi connectivity index (χ1n) is 11.1. The Hall–Kier alpha value is -3.68. The molecule has 1 aliphatic heterocycles. The zero-order chi connectivity index (χ0) is 21.9. The monoisotopic (exact) mass is 429 g/mol. The van der Waals surface area contributed by atoms with Gasteiger partial charge in [0.25, 0.3) is 0 Å². The molecule has 0 saturated carbocycles. The van der Waals surface area contributed by atoms with Gasteiger partial charge in [0, 0.05) is 43.3 Å². The smallest absolute Gasteiger partial charge is 0.249 e. The van der Waals surface area contributed by atoms with Crippen LogP contribution in [-0.4, -0.2) is 43.8 Å². The van der Waals surface area contributed by atoms with Gasteiger partial charge in [0.1, 0.15) is 12.1 Å². The van der Waals surface area contributed by atoms with Crippen molar-refractivity contribution in [3.63, 3.8) is 0 Å². The van der Waals surface area contributed by atoms with Crippen LogP contribution in [0, 0.1) is 0 Å². The Labute approximate surface area is 187 Å². The van der Waals surface area contributed by atoms with Crippen LogP contribution in [0.1, 0.15) is 24.8 Å². The number of hydrogen-bond acceptors (Lipinski definition) is 5. The Kier molecular flexibility index (Phi) is 5.58. The first kappa shape index (κ1) is 20.2. The van der Waals surface area contributed by atoms with Crippen molar-refractivity contribution in [2.24, 2.45) is 7.05 Å². The second-order valence-corrected chi connectivity index (χ2v) is 8.30. The molecule has 1 saturated heterocycles. The fraction of sp³-hybridized carbons (Fsp3) is 0.333. The normalized spacial score (nSPS) is 14.1. The van der Waals surface area contributed by atoms with Crippen LogP contribution in [0.15, 0.2) is 60.9 Å². The Morgan fingerprint density at radius 1 is 1.03 bits per heavy atom. The first-order chi connectivity index (χ1) is 15.7. The maximum Gasteiger partial charge on any atom is 0.249 e. The predicted molar refractivity (Wildman–Crippen MR) is 124 cm³/mol. The SMILES string of the molecule is Cn1cc(CN(C(=O)Cn2nnc3ccccc32)c2ccc(N3CCCCC3)cc2)cn1. The Balaban J connectivity index is 1.41. The first-order valence-corrected chi connectivity index (χ1v) is 11.1. The zero-order valence-electron chi connectivity index (χ0n) is 18.3. The summed E-state index contributed by atoms with van der Waals surface area (Å²) in [7, 11) is 1.88. The average Bonchev–Trinajstić information content (AvgIpc) is 3.44. The van der Waals surface area contributed by atoms with Crippen LogP contribution < -0.4 is 9.80 Å². The Morgan fingerprint density at radius 3 is 2.56 bits per heavy atom. The number of piperidine rings is 1. The van der Waals surface area contributed by atoms with Crippen LogP contribution >= 0.6 is 0 Å². The van der Waals surface area contributed by atoms with Gasteiger partial charge >= 0.3 is 0 Å². The molecule has 5 rings (SSSR count). The maximum atomic E-state index is 13.5. The number of para-hydroxylation sites is 1. The number of fused-ring (bicyclic) bond motifs is 1. The summed E-state index contributed by atoms with van der Waals surface area (Å²) in [6, 6.07) is 16.0. The third kappa shape index (κ3) is 4.21. The standard InChI is InChI=1S/C24H27N7O/c1-28-16-19(15-25-28)17-30(21-11-9-20(10-12-21)29-13-5-2-6-14-29)24(32)18-31-23-8-4-3-7-22(23)26-27-31/h3-4,7-12,15-16H,2,5-6,13-14,17-18H2,1H3. The molecule has 3 heterocycles. The van der Waals surface area contributed by atoms with E-state index in [4.69, 9.17) is 0 Å². The van der Waals surface area contributed by atoms with E-state index in [2.05, 4.69) is 32.4 Å². The number of aryl methyl sites for hydroxylation is 1. The van der Waals surface area contributed by atoms with Crippen molar-refractivity contribution in [1.82, 2.24) is 24.8 Å². The number of amides is 1. The quantitative estimate of drug-likeness (QED) is 0.470. The molecule has 8 nitrogen and oxygen atoms in total. The van der Waals surface area contributed by atoms with Gasteiger partial charge in [0.2, 0.25) is 5.91 Å². The van der Waals surface area contributed by atoms with E-state index in [0.29, 0.717) is 6.54 Å². The summed E-state index contributed by atoms with van der Waals surface area (Å²) in [4.78, 5) is 17.7. The molecule has 0 bridgehead atoms. The van der Waals surface area contributed by atoms with Crippen molar-refractivity contribution in [3.8, 4) is 0 Å². The molecule has 8 heteroatoms. The van der Waals surface area contributed by atoms with Crippen LogP contribution in [0.4, 0.5) is 11.4 Å². The molecular weight excluding hydrogens is 402 g/mol. The van der Waals surface area contributed by atoms with E-state index in [-0.39, 0.29) is 12.5 Å². The second-order valence-electron chi connectivity index (χ2n) is 8.30. The van der Waals surface area contributed by atoms with Gasteiger partial charge in [-0.3, -0.25) is 9.48 Å². The molecule has 2 aromatic carbocycles. The van der Waals surface area contributed by atoms with Gasteiger partial charge < -0.3 is 9.80 Å². The van der Waals surface area contributed by atoms with Gasteiger partial charge in [-0.1, -0.05) is 17.3 Å². The molecule has 0 atom stereocenters. The lowest BCUT2D eigenvalue weighted by Crippen LogP contribution is -2.34. The Bertz CT molecular complexity index is 1200. The van der Waals surface area contributed by atoms with Gasteiger partial charge in [0.05, 0.1) is 18.3 Å². The van der Waals surface area contributed by atoms with Crippen LogP contribution in [0.2, 0.25) is 0 Å². The average molecular weight is 430 g/mol. The van der Waals surface area contributed by atoms with Crippen LogP contribution in [0.3, 0.4) is 0 Å². The van der Waals surface area contributed by atoms with Crippen molar-refractivity contribution in [1.29, 1.82) is 0 Å². The largest absolute Gasteiger partial charge is 0.372 e. The summed E-state index contributed by atoms with van der Waals surface area (Å²) in [5.41, 5.74) is 4.69. The molecule has 0 spiro atoms. The fourth-order valence-electron chi connectivity index (χ4n) is 4.30. The highest BCUT2D eigenvalue weighted by Crippen LogP contribution is 2.25. The highest BCUT2D eigenvalue weighted by Gasteiger charge is 2.20. The minimum absolute atomic E-state index is 0.0461. The summed E-state index contributed by atoms with van der Waals surface area (Å²) < 4.78 is 3.42. The number of rotatable bonds is 6. The van der Waals surface area contributed by atoms with E-state index < -0.39 is 0 Å². The van der Waals surface area contributed by atoms with Crippen molar-refractivity contribution in [2.45, 2.75) is 32.4 Å². The highest BCUT2D eigenvalue weighted by atomic mass is 16.2. The summed E-state index contributed by atoms with van der Waals surface area (Å²) in [5, 5.41) is 12.6. The molecule has 4 aromatic rings. The summed E-state index contributed by atoms with van der Waals surface area (Å²) in [5.74, 6) is -0.0461. The number of carbonyl (C=O) groups is 1. The van der Waals surface area contributed by atoms with E-state index in [1.165, 1.54) is 24.9 Å². The van der Waals surface area contributed by atoms with Gasteiger partial charge in [-0.15, -0.1) is 5.10 Å². The molecule has 1 amide bonds. The van der Waals surface area contributed by atoms with Crippen LogP contribution in [0.5, 0.6) is 0 Å². The van der Waals surface area contributed by atoms with E-state index in [0.717, 1.165) is 35.4 Å². The summed E-state index contributed by atoms with van der Waals surface area (Å²) in [6.45, 7) is 2.76. The summed E-state index contributed by atoms with van der Waals surface area (Å²) in [6.07, 6.45) is 7.51. The van der Waals surface area contributed by atoms with E-state index in [1.54, 1.807) is 20.5 Å². The third-order valence-corrected chi connectivity index (χ3v) is 5.99. The lowest BCUT2D eigenvalue weighted by Gasteiger charge is -2.29. The van der Waals surface area contributed by atoms with Gasteiger partial charge in [-0.05, 0) is 55.7 Å². The van der Waals surface area contributed by atoms with Gasteiger partial charge in [-0.2, -0.15) is 5.10 Å². The number of hydrogen-bond donors (Lipinski definition) is 0. The number of nitrogens with zero attached hydrogens (tertiary/aromatic N) is 7. The van der Waals surface area contributed by atoms with E-state index in [1.807, 2.05) is 49.6 Å². The topological polar surface area (TPSA) is 72.1 Å². The van der Waals surface area contributed by atoms with E-state index in [9.17, 15) is 4.79 Å². The molecule has 32 heavy (non-hydrogen) atoms. The highest BCUT2D eigenvalue weighted by molar-refractivity contribution is 5.94. The zero-order valence-corrected chi connectivity index (χ0v) is 18.3. The summed E-state index contributed by atoms with van der Waals surface area (Å²) >= 11 is 0.